The zero-order valence-electron chi connectivity index (χ0n) is 17.0. The summed E-state index contributed by atoms with van der Waals surface area (Å²) in [6.07, 6.45) is 2.54. The second kappa shape index (κ2) is 11.8. The van der Waals surface area contributed by atoms with Crippen LogP contribution in [0, 0.1) is 5.92 Å². The lowest BCUT2D eigenvalue weighted by atomic mass is 9.95. The average Bonchev–Trinajstić information content (AvgIpc) is 2.70. The number of nitrogens with two attached hydrogens (primary N) is 1. The van der Waals surface area contributed by atoms with Crippen molar-refractivity contribution in [2.24, 2.45) is 16.6 Å². The van der Waals surface area contributed by atoms with Gasteiger partial charge >= 0.3 is 0 Å². The van der Waals surface area contributed by atoms with Gasteiger partial charge in [0.25, 0.3) is 0 Å². The molecule has 2 aromatic carbocycles. The van der Waals surface area contributed by atoms with Crippen molar-refractivity contribution in [1.29, 1.82) is 0 Å². The number of rotatable bonds is 7. The van der Waals surface area contributed by atoms with Crippen molar-refractivity contribution in [3.63, 3.8) is 0 Å². The van der Waals surface area contributed by atoms with Crippen LogP contribution < -0.4 is 15.8 Å². The van der Waals surface area contributed by atoms with Crippen LogP contribution in [0.2, 0.25) is 0 Å². The summed E-state index contributed by atoms with van der Waals surface area (Å²) in [7, 11) is 0. The molecule has 158 valence electrons. The molecule has 1 aliphatic heterocycles. The number of hydrogen-bond acceptors (Lipinski definition) is 3. The van der Waals surface area contributed by atoms with Gasteiger partial charge in [0.15, 0.2) is 5.96 Å². The molecule has 2 aromatic rings. The highest BCUT2D eigenvalue weighted by molar-refractivity contribution is 14.0. The number of likely N-dealkylation sites (tertiary alicyclic amines) is 1. The highest BCUT2D eigenvalue weighted by Crippen LogP contribution is 2.25. The molecule has 1 amide bonds. The fourth-order valence-electron chi connectivity index (χ4n) is 3.76. The summed E-state index contributed by atoms with van der Waals surface area (Å²) >= 11 is 0. The summed E-state index contributed by atoms with van der Waals surface area (Å²) in [5.41, 5.74) is 5.38. The maximum Gasteiger partial charge on any atom is 0.217 e. The summed E-state index contributed by atoms with van der Waals surface area (Å²) in [5.74, 6) is 1.86. The zero-order valence-corrected chi connectivity index (χ0v) is 19.3. The molecule has 29 heavy (non-hydrogen) atoms. The molecule has 3 rings (SSSR count). The van der Waals surface area contributed by atoms with Gasteiger partial charge in [0.05, 0.1) is 6.54 Å². The molecule has 1 fully saturated rings. The molecule has 1 aliphatic rings. The summed E-state index contributed by atoms with van der Waals surface area (Å²) in [6.45, 7) is 5.72. The molecule has 0 radical (unpaired) electrons. The Bertz CT molecular complexity index is 822. The van der Waals surface area contributed by atoms with Gasteiger partial charge in [0, 0.05) is 31.4 Å². The smallest absolute Gasteiger partial charge is 0.217 e. The standard InChI is InChI=1S/C22H30N4O2.HI/c1-2-24-22(26-13-6-7-17(16-26)15-21(23)27)25-12-14-28-20-11-5-9-18-8-3-4-10-19(18)20;/h3-5,8-11,17H,2,6-7,12-16H2,1H3,(H2,23,27)(H,24,25);1H. The van der Waals surface area contributed by atoms with Crippen LogP contribution in [0.25, 0.3) is 10.8 Å². The normalized spacial score (nSPS) is 16.9. The minimum Gasteiger partial charge on any atom is -0.491 e. The predicted octanol–water partition coefficient (Wildman–Crippen LogP) is 3.39. The Labute approximate surface area is 189 Å². The van der Waals surface area contributed by atoms with E-state index in [1.807, 2.05) is 24.3 Å². The monoisotopic (exact) mass is 510 g/mol. The van der Waals surface area contributed by atoms with Gasteiger partial charge in [-0.05, 0) is 37.1 Å². The summed E-state index contributed by atoms with van der Waals surface area (Å²) < 4.78 is 5.99. The highest BCUT2D eigenvalue weighted by atomic mass is 127. The van der Waals surface area contributed by atoms with Crippen LogP contribution in [0.15, 0.2) is 47.5 Å². The fourth-order valence-corrected chi connectivity index (χ4v) is 3.76. The van der Waals surface area contributed by atoms with E-state index in [0.717, 1.165) is 49.6 Å². The maximum absolute atomic E-state index is 11.2. The van der Waals surface area contributed by atoms with Gasteiger partial charge < -0.3 is 20.7 Å². The van der Waals surface area contributed by atoms with Crippen molar-refractivity contribution in [2.75, 3.05) is 32.8 Å². The highest BCUT2D eigenvalue weighted by Gasteiger charge is 2.23. The van der Waals surface area contributed by atoms with Gasteiger partial charge in [-0.2, -0.15) is 0 Å². The number of halogens is 1. The van der Waals surface area contributed by atoms with Crippen LogP contribution in [0.5, 0.6) is 5.75 Å². The van der Waals surface area contributed by atoms with E-state index in [9.17, 15) is 4.79 Å². The van der Waals surface area contributed by atoms with E-state index in [2.05, 4.69) is 35.3 Å². The first kappa shape index (κ1) is 23.3. The van der Waals surface area contributed by atoms with Crippen LogP contribution >= 0.6 is 24.0 Å². The van der Waals surface area contributed by atoms with Crippen molar-refractivity contribution in [2.45, 2.75) is 26.2 Å². The number of carbonyl (C=O) groups is 1. The maximum atomic E-state index is 11.2. The molecule has 0 saturated carbocycles. The summed E-state index contributed by atoms with van der Waals surface area (Å²) in [4.78, 5) is 18.2. The molecule has 1 saturated heterocycles. The number of fused-ring (bicyclic) bond motifs is 1. The molecular formula is C22H31IN4O2. The van der Waals surface area contributed by atoms with E-state index in [4.69, 9.17) is 15.5 Å². The second-order valence-corrected chi connectivity index (χ2v) is 7.19. The van der Waals surface area contributed by atoms with Gasteiger partial charge in [0.2, 0.25) is 5.91 Å². The van der Waals surface area contributed by atoms with Crippen LogP contribution in [0.3, 0.4) is 0 Å². The molecule has 0 aromatic heterocycles. The Hall–Kier alpha value is -2.03. The zero-order chi connectivity index (χ0) is 19.8. The van der Waals surface area contributed by atoms with Crippen molar-refractivity contribution in [1.82, 2.24) is 10.2 Å². The van der Waals surface area contributed by atoms with Crippen molar-refractivity contribution < 1.29 is 9.53 Å². The van der Waals surface area contributed by atoms with E-state index in [1.165, 1.54) is 5.39 Å². The van der Waals surface area contributed by atoms with Crippen LogP contribution in [-0.2, 0) is 4.79 Å². The van der Waals surface area contributed by atoms with Crippen LogP contribution in [0.1, 0.15) is 26.2 Å². The third-order valence-electron chi connectivity index (χ3n) is 5.00. The summed E-state index contributed by atoms with van der Waals surface area (Å²) in [6, 6.07) is 14.3. The minimum absolute atomic E-state index is 0. The van der Waals surface area contributed by atoms with Gasteiger partial charge in [-0.25, -0.2) is 4.99 Å². The lowest BCUT2D eigenvalue weighted by Crippen LogP contribution is -2.47. The second-order valence-electron chi connectivity index (χ2n) is 7.19. The van der Waals surface area contributed by atoms with Crippen molar-refractivity contribution in [3.8, 4) is 5.75 Å². The molecule has 0 spiro atoms. The third-order valence-corrected chi connectivity index (χ3v) is 5.00. The Kier molecular flexibility index (Phi) is 9.50. The van der Waals surface area contributed by atoms with Crippen LogP contribution in [0.4, 0.5) is 0 Å². The topological polar surface area (TPSA) is 80.0 Å². The number of nitrogens with one attached hydrogen (secondary N) is 1. The number of guanidine groups is 1. The SMILES string of the molecule is CCNC(=NCCOc1cccc2ccccc12)N1CCCC(CC(N)=O)C1.I. The first-order valence-electron chi connectivity index (χ1n) is 10.1. The molecule has 6 nitrogen and oxygen atoms in total. The number of benzene rings is 2. The molecule has 1 atom stereocenters. The number of ether oxygens (including phenoxy) is 1. The van der Waals surface area contributed by atoms with Crippen molar-refractivity contribution >= 4 is 46.6 Å². The van der Waals surface area contributed by atoms with E-state index < -0.39 is 0 Å². The van der Waals surface area contributed by atoms with Gasteiger partial charge in [-0.3, -0.25) is 4.79 Å². The number of piperidine rings is 1. The number of hydrogen-bond donors (Lipinski definition) is 2. The fraction of sp³-hybridized carbons (Fsp3) is 0.455. The van der Waals surface area contributed by atoms with Gasteiger partial charge in [-0.1, -0.05) is 36.4 Å². The first-order valence-corrected chi connectivity index (χ1v) is 10.1. The van der Waals surface area contributed by atoms with Gasteiger partial charge in [0.1, 0.15) is 12.4 Å². The largest absolute Gasteiger partial charge is 0.491 e. The predicted molar refractivity (Wildman–Crippen MR) is 129 cm³/mol. The lowest BCUT2D eigenvalue weighted by molar-refractivity contribution is -0.119. The number of primary amides is 1. The quantitative estimate of drug-likeness (QED) is 0.259. The van der Waals surface area contributed by atoms with E-state index in [-0.39, 0.29) is 29.9 Å². The minimum atomic E-state index is -0.225. The van der Waals surface area contributed by atoms with Crippen LogP contribution in [-0.4, -0.2) is 49.6 Å². The van der Waals surface area contributed by atoms with Gasteiger partial charge in [-0.15, -0.1) is 24.0 Å². The van der Waals surface area contributed by atoms with E-state index >= 15 is 0 Å². The number of amides is 1. The first-order chi connectivity index (χ1) is 13.7. The molecule has 7 heteroatoms. The molecule has 1 unspecified atom stereocenters. The molecule has 0 bridgehead atoms. The summed E-state index contributed by atoms with van der Waals surface area (Å²) in [5, 5.41) is 5.65. The number of nitrogens with zero attached hydrogens (tertiary/aromatic N) is 2. The third kappa shape index (κ3) is 6.76. The van der Waals surface area contributed by atoms with E-state index in [1.54, 1.807) is 0 Å². The van der Waals surface area contributed by atoms with E-state index in [0.29, 0.717) is 25.5 Å². The van der Waals surface area contributed by atoms with Crippen molar-refractivity contribution in [3.05, 3.63) is 42.5 Å². The Morgan fingerprint density at radius 1 is 1.28 bits per heavy atom. The number of aliphatic imine (C=N–C) groups is 1. The molecule has 0 aliphatic carbocycles. The number of carbonyl (C=O) groups excluding carboxylic acids is 1. The molecular weight excluding hydrogens is 479 g/mol. The molecule has 3 N–H and O–H groups in total. The average molecular weight is 510 g/mol. The molecule has 1 heterocycles. The Balaban J connectivity index is 0.00000300. The Morgan fingerprint density at radius 3 is 2.86 bits per heavy atom. The lowest BCUT2D eigenvalue weighted by Gasteiger charge is -2.34. The Morgan fingerprint density at radius 2 is 2.07 bits per heavy atom.